The van der Waals surface area contributed by atoms with E-state index in [2.05, 4.69) is 16.0 Å². The maximum Gasteiger partial charge on any atom is 0.490 e. The number of hydrogen-bond acceptors (Lipinski definition) is 6. The Morgan fingerprint density at radius 3 is 1.87 bits per heavy atom. The van der Waals surface area contributed by atoms with Crippen LogP contribution in [0.15, 0.2) is 54.7 Å². The van der Waals surface area contributed by atoms with Gasteiger partial charge >= 0.3 is 24.3 Å². The summed E-state index contributed by atoms with van der Waals surface area (Å²) < 4.78 is 69.5. The van der Waals surface area contributed by atoms with Gasteiger partial charge in [-0.2, -0.15) is 26.3 Å². The number of aromatic nitrogens is 1. The first-order valence-corrected chi connectivity index (χ1v) is 11.3. The van der Waals surface area contributed by atoms with Crippen molar-refractivity contribution in [3.63, 3.8) is 0 Å². The number of pyridine rings is 1. The highest BCUT2D eigenvalue weighted by atomic mass is 19.4. The average molecular weight is 565 g/mol. The third kappa shape index (κ3) is 10.2. The first-order chi connectivity index (χ1) is 18.1. The van der Waals surface area contributed by atoms with Crippen LogP contribution in [0.25, 0.3) is 0 Å². The number of benzene rings is 1. The van der Waals surface area contributed by atoms with Crippen LogP contribution >= 0.6 is 0 Å². The van der Waals surface area contributed by atoms with Gasteiger partial charge in [-0.15, -0.1) is 0 Å². The molecule has 0 saturated carbocycles. The van der Waals surface area contributed by atoms with E-state index < -0.39 is 24.3 Å². The van der Waals surface area contributed by atoms with Crippen molar-refractivity contribution in [2.24, 2.45) is 0 Å². The number of ether oxygens (including phenoxy) is 1. The van der Waals surface area contributed by atoms with E-state index >= 15 is 0 Å². The number of hydrogen-bond donors (Lipinski definition) is 2. The van der Waals surface area contributed by atoms with Crippen molar-refractivity contribution in [2.75, 3.05) is 31.1 Å². The zero-order valence-electron chi connectivity index (χ0n) is 20.3. The number of piperidine rings is 1. The summed E-state index contributed by atoms with van der Waals surface area (Å²) in [5.41, 5.74) is 1.85. The fraction of sp³-hybridized carbons (Fsp3) is 0.417. The largest absolute Gasteiger partial charge is 0.490 e. The number of rotatable bonds is 3. The monoisotopic (exact) mass is 565 g/mol. The fourth-order valence-electron chi connectivity index (χ4n) is 3.70. The van der Waals surface area contributed by atoms with Crippen LogP contribution in [0.2, 0.25) is 0 Å². The van der Waals surface area contributed by atoms with Crippen LogP contribution in [0.4, 0.5) is 32.0 Å². The van der Waals surface area contributed by atoms with Crippen molar-refractivity contribution in [3.8, 4) is 0 Å². The normalized spacial score (nSPS) is 17.4. The van der Waals surface area contributed by atoms with Crippen molar-refractivity contribution in [3.05, 3.63) is 60.4 Å². The molecule has 1 aromatic heterocycles. The fourth-order valence-corrected chi connectivity index (χ4v) is 3.70. The summed E-state index contributed by atoms with van der Waals surface area (Å²) >= 11 is 0. The van der Waals surface area contributed by atoms with E-state index in [9.17, 15) is 31.1 Å². The average Bonchev–Trinajstić information content (AvgIpc) is 2.88. The second-order valence-corrected chi connectivity index (χ2v) is 8.49. The molecule has 9 nitrogen and oxygen atoms in total. The van der Waals surface area contributed by atoms with Crippen molar-refractivity contribution in [1.82, 2.24) is 9.88 Å². The Hall–Kier alpha value is -3.72. The van der Waals surface area contributed by atoms with E-state index in [4.69, 9.17) is 24.5 Å². The maximum atomic E-state index is 12.3. The van der Waals surface area contributed by atoms with Crippen molar-refractivity contribution in [2.45, 2.75) is 37.3 Å². The Morgan fingerprint density at radius 1 is 0.897 bits per heavy atom. The highest BCUT2D eigenvalue weighted by molar-refractivity contribution is 5.95. The van der Waals surface area contributed by atoms with Gasteiger partial charge in [-0.25, -0.2) is 9.59 Å². The van der Waals surface area contributed by atoms with E-state index in [0.29, 0.717) is 6.54 Å². The topological polar surface area (TPSA) is 120 Å². The lowest BCUT2D eigenvalue weighted by Crippen LogP contribution is -2.58. The third-order valence-electron chi connectivity index (χ3n) is 5.68. The number of likely N-dealkylation sites (tertiary alicyclic amines) is 1. The number of morpholine rings is 1. The standard InChI is InChI=1S/C20H23N3O2.2C2HF3O2/c24-19-15-25-20(16-23(19)18-7-2-1-3-8-18)9-12-22(13-10-20)14-17-6-4-5-11-21-17;2*3-2(4,5)1(6)7/h1-8,11H,9-10,12-16H2;2*(H,6,7). The molecule has 15 heteroatoms. The van der Waals surface area contributed by atoms with Crippen LogP contribution in [0, 0.1) is 0 Å². The number of alkyl halides is 6. The minimum Gasteiger partial charge on any atom is -0.475 e. The first kappa shape index (κ1) is 31.5. The molecule has 2 saturated heterocycles. The Bertz CT molecular complexity index is 1070. The highest BCUT2D eigenvalue weighted by Crippen LogP contribution is 2.33. The Balaban J connectivity index is 0.000000317. The SMILES string of the molecule is O=C(O)C(F)(F)F.O=C(O)C(F)(F)F.O=C1COC2(CCN(Cc3ccccn3)CC2)CN1c1ccccc1. The predicted molar refractivity (Wildman–Crippen MR) is 124 cm³/mol. The van der Waals surface area contributed by atoms with Gasteiger partial charge in [-0.3, -0.25) is 14.7 Å². The minimum atomic E-state index is -5.08. The zero-order valence-corrected chi connectivity index (χ0v) is 20.3. The summed E-state index contributed by atoms with van der Waals surface area (Å²) in [5.74, 6) is -5.47. The van der Waals surface area contributed by atoms with Gasteiger partial charge in [0.25, 0.3) is 5.91 Å². The number of aliphatic carboxylic acids is 2. The van der Waals surface area contributed by atoms with Crippen LogP contribution < -0.4 is 4.90 Å². The van der Waals surface area contributed by atoms with Crippen LogP contribution in [0.3, 0.4) is 0 Å². The van der Waals surface area contributed by atoms with Gasteiger partial charge in [-0.05, 0) is 37.1 Å². The van der Waals surface area contributed by atoms with Gasteiger partial charge in [0.05, 0.1) is 17.8 Å². The molecule has 39 heavy (non-hydrogen) atoms. The second kappa shape index (κ2) is 13.4. The molecule has 1 amide bonds. The molecule has 0 bridgehead atoms. The van der Waals surface area contributed by atoms with Gasteiger partial charge in [0.15, 0.2) is 0 Å². The van der Waals surface area contributed by atoms with E-state index in [0.717, 1.165) is 43.9 Å². The number of halogens is 6. The molecule has 2 aliphatic heterocycles. The van der Waals surface area contributed by atoms with E-state index in [1.165, 1.54) is 0 Å². The van der Waals surface area contributed by atoms with Crippen molar-refractivity contribution < 1.29 is 55.7 Å². The van der Waals surface area contributed by atoms with Gasteiger partial charge in [0.1, 0.15) is 6.61 Å². The molecule has 1 spiro atoms. The predicted octanol–water partition coefficient (Wildman–Crippen LogP) is 3.75. The summed E-state index contributed by atoms with van der Waals surface area (Å²) in [5, 5.41) is 14.2. The molecule has 2 fully saturated rings. The van der Waals surface area contributed by atoms with Gasteiger partial charge < -0.3 is 19.8 Å². The van der Waals surface area contributed by atoms with E-state index in [1.54, 1.807) is 0 Å². The Morgan fingerprint density at radius 2 is 1.41 bits per heavy atom. The van der Waals surface area contributed by atoms with Gasteiger partial charge in [-0.1, -0.05) is 24.3 Å². The molecule has 3 heterocycles. The summed E-state index contributed by atoms with van der Waals surface area (Å²) in [7, 11) is 0. The Kier molecular flexibility index (Phi) is 10.8. The van der Waals surface area contributed by atoms with Crippen LogP contribution in [-0.4, -0.2) is 82.1 Å². The molecule has 1 aromatic carbocycles. The summed E-state index contributed by atoms with van der Waals surface area (Å²) in [4.78, 5) is 38.8. The number of nitrogens with zero attached hydrogens (tertiary/aromatic N) is 3. The summed E-state index contributed by atoms with van der Waals surface area (Å²) in [6, 6.07) is 15.9. The number of carboxylic acid groups (broad SMARTS) is 2. The number of anilines is 1. The highest BCUT2D eigenvalue weighted by Gasteiger charge is 2.43. The third-order valence-corrected chi connectivity index (χ3v) is 5.68. The minimum absolute atomic E-state index is 0.0488. The molecule has 0 atom stereocenters. The summed E-state index contributed by atoms with van der Waals surface area (Å²) in [6.07, 6.45) is -6.44. The molecule has 2 aromatic rings. The zero-order chi connectivity index (χ0) is 29.3. The molecule has 0 unspecified atom stereocenters. The number of carbonyl (C=O) groups is 3. The molecule has 0 radical (unpaired) electrons. The van der Waals surface area contributed by atoms with Crippen LogP contribution in [-0.2, 0) is 25.7 Å². The number of carbonyl (C=O) groups excluding carboxylic acids is 1. The number of amides is 1. The lowest BCUT2D eigenvalue weighted by atomic mass is 9.89. The lowest BCUT2D eigenvalue weighted by Gasteiger charge is -2.47. The molecule has 4 rings (SSSR count). The van der Waals surface area contributed by atoms with Crippen LogP contribution in [0.1, 0.15) is 18.5 Å². The van der Waals surface area contributed by atoms with E-state index in [-0.39, 0.29) is 18.1 Å². The van der Waals surface area contributed by atoms with Crippen molar-refractivity contribution >= 4 is 23.5 Å². The van der Waals surface area contributed by atoms with E-state index in [1.807, 2.05) is 53.6 Å². The molecule has 0 aliphatic carbocycles. The van der Waals surface area contributed by atoms with Gasteiger partial charge in [0.2, 0.25) is 0 Å². The number of carboxylic acids is 2. The second-order valence-electron chi connectivity index (χ2n) is 8.49. The first-order valence-electron chi connectivity index (χ1n) is 11.3. The quantitative estimate of drug-likeness (QED) is 0.541. The van der Waals surface area contributed by atoms with Gasteiger partial charge in [0, 0.05) is 31.5 Å². The van der Waals surface area contributed by atoms with Crippen LogP contribution in [0.5, 0.6) is 0 Å². The molecule has 214 valence electrons. The maximum absolute atomic E-state index is 12.3. The Labute approximate surface area is 218 Å². The molecule has 2 N–H and O–H groups in total. The smallest absolute Gasteiger partial charge is 0.475 e. The van der Waals surface area contributed by atoms with Crippen molar-refractivity contribution in [1.29, 1.82) is 0 Å². The summed E-state index contributed by atoms with van der Waals surface area (Å²) in [6.45, 7) is 3.63. The number of para-hydroxylation sites is 1. The molecule has 2 aliphatic rings. The molecular formula is C24H25F6N3O6. The lowest BCUT2D eigenvalue weighted by molar-refractivity contribution is -0.193. The molecular weight excluding hydrogens is 540 g/mol.